The van der Waals surface area contributed by atoms with Crippen LogP contribution in [0.15, 0.2) is 16.6 Å². The molecule has 1 aliphatic heterocycles. The largest absolute Gasteiger partial charge is 0.396 e. The van der Waals surface area contributed by atoms with Crippen LogP contribution in [0, 0.1) is 5.82 Å². The first-order valence-electron chi connectivity index (χ1n) is 6.72. The van der Waals surface area contributed by atoms with Crippen molar-refractivity contribution >= 4 is 27.5 Å². The van der Waals surface area contributed by atoms with Crippen LogP contribution in [0.5, 0.6) is 0 Å². The highest BCUT2D eigenvalue weighted by Crippen LogP contribution is 2.23. The highest BCUT2D eigenvalue weighted by Gasteiger charge is 2.20. The molecule has 0 aliphatic carbocycles. The Bertz CT molecular complexity index is 509. The van der Waals surface area contributed by atoms with E-state index in [1.807, 2.05) is 0 Å². The molecule has 1 aromatic carbocycles. The van der Waals surface area contributed by atoms with Crippen molar-refractivity contribution in [3.8, 4) is 0 Å². The number of nitrogens with two attached hydrogens (primary N) is 1. The second-order valence-corrected chi connectivity index (χ2v) is 6.05. The van der Waals surface area contributed by atoms with E-state index in [1.54, 1.807) is 0 Å². The molecule has 1 unspecified atom stereocenters. The van der Waals surface area contributed by atoms with Gasteiger partial charge in [-0.25, -0.2) is 4.39 Å². The second-order valence-electron chi connectivity index (χ2n) is 5.19. The summed E-state index contributed by atoms with van der Waals surface area (Å²) < 4.78 is 13.7. The topological polar surface area (TPSA) is 58.4 Å². The van der Waals surface area contributed by atoms with E-state index in [0.717, 1.165) is 13.0 Å². The maximum Gasteiger partial charge on any atom is 0.252 e. The third-order valence-electron chi connectivity index (χ3n) is 3.75. The van der Waals surface area contributed by atoms with Crippen LogP contribution in [0.1, 0.15) is 29.6 Å². The fourth-order valence-corrected chi connectivity index (χ4v) is 2.94. The van der Waals surface area contributed by atoms with Crippen LogP contribution in [0.4, 0.5) is 10.1 Å². The van der Waals surface area contributed by atoms with Crippen LogP contribution in [-0.2, 0) is 0 Å². The monoisotopic (exact) mass is 343 g/mol. The molecule has 1 fully saturated rings. The zero-order chi connectivity index (χ0) is 14.7. The first kappa shape index (κ1) is 15.3. The van der Waals surface area contributed by atoms with Crippen molar-refractivity contribution in [3.05, 3.63) is 28.0 Å². The number of nitrogens with zero attached hydrogens (tertiary/aromatic N) is 1. The SMILES string of the molecule is CN1CCCCC1CNC(=O)c1cc(N)c(F)cc1Br. The Hall–Kier alpha value is -1.14. The lowest BCUT2D eigenvalue weighted by molar-refractivity contribution is 0.0928. The molecule has 6 heteroatoms. The van der Waals surface area contributed by atoms with E-state index in [-0.39, 0.29) is 11.6 Å². The number of amides is 1. The Morgan fingerprint density at radius 3 is 3.00 bits per heavy atom. The van der Waals surface area contributed by atoms with Crippen LogP contribution in [0.2, 0.25) is 0 Å². The van der Waals surface area contributed by atoms with E-state index in [0.29, 0.717) is 22.6 Å². The summed E-state index contributed by atoms with van der Waals surface area (Å²) in [4.78, 5) is 14.4. The third-order valence-corrected chi connectivity index (χ3v) is 4.41. The van der Waals surface area contributed by atoms with Gasteiger partial charge < -0.3 is 16.0 Å². The summed E-state index contributed by atoms with van der Waals surface area (Å²) in [6, 6.07) is 2.94. The van der Waals surface area contributed by atoms with Gasteiger partial charge in [-0.05, 0) is 54.5 Å². The third kappa shape index (κ3) is 3.49. The summed E-state index contributed by atoms with van der Waals surface area (Å²) in [5, 5.41) is 2.90. The number of piperidine rings is 1. The van der Waals surface area contributed by atoms with Gasteiger partial charge in [-0.3, -0.25) is 4.79 Å². The lowest BCUT2D eigenvalue weighted by Crippen LogP contribution is -2.44. The van der Waals surface area contributed by atoms with E-state index in [4.69, 9.17) is 5.73 Å². The zero-order valence-corrected chi connectivity index (χ0v) is 13.0. The van der Waals surface area contributed by atoms with Gasteiger partial charge in [0.05, 0.1) is 11.3 Å². The maximum atomic E-state index is 13.3. The van der Waals surface area contributed by atoms with E-state index >= 15 is 0 Å². The molecule has 110 valence electrons. The van der Waals surface area contributed by atoms with Crippen molar-refractivity contribution < 1.29 is 9.18 Å². The van der Waals surface area contributed by atoms with Gasteiger partial charge in [0, 0.05) is 17.1 Å². The number of nitrogens with one attached hydrogen (secondary N) is 1. The number of nitrogen functional groups attached to an aromatic ring is 1. The van der Waals surface area contributed by atoms with Gasteiger partial charge >= 0.3 is 0 Å². The Morgan fingerprint density at radius 1 is 1.55 bits per heavy atom. The quantitative estimate of drug-likeness (QED) is 0.828. The molecule has 1 aromatic rings. The van der Waals surface area contributed by atoms with Crippen molar-refractivity contribution in [3.63, 3.8) is 0 Å². The molecule has 1 amide bonds. The molecule has 1 heterocycles. The Labute approximate surface area is 126 Å². The Kier molecular flexibility index (Phi) is 4.99. The summed E-state index contributed by atoms with van der Waals surface area (Å²) in [6.07, 6.45) is 3.49. The van der Waals surface area contributed by atoms with Crippen molar-refractivity contribution in [2.75, 3.05) is 25.9 Å². The van der Waals surface area contributed by atoms with Gasteiger partial charge in [-0.1, -0.05) is 6.42 Å². The minimum Gasteiger partial charge on any atom is -0.396 e. The van der Waals surface area contributed by atoms with Crippen LogP contribution in [0.25, 0.3) is 0 Å². The number of rotatable bonds is 3. The molecule has 0 aromatic heterocycles. The number of carbonyl (C=O) groups is 1. The standard InChI is InChI=1S/C14H19BrFN3O/c1-19-5-3-2-4-9(19)8-18-14(20)10-6-13(17)12(16)7-11(10)15/h6-7,9H,2-5,8,17H2,1H3,(H,18,20). The molecule has 1 aliphatic rings. The predicted octanol–water partition coefficient (Wildman–Crippen LogP) is 2.38. The molecule has 0 bridgehead atoms. The molecular weight excluding hydrogens is 325 g/mol. The van der Waals surface area contributed by atoms with Gasteiger partial charge in [-0.15, -0.1) is 0 Å². The number of likely N-dealkylation sites (N-methyl/N-ethyl adjacent to an activating group) is 1. The first-order chi connectivity index (χ1) is 9.49. The van der Waals surface area contributed by atoms with Crippen molar-refractivity contribution in [2.24, 2.45) is 0 Å². The minimum absolute atomic E-state index is 0.0202. The van der Waals surface area contributed by atoms with E-state index in [1.165, 1.54) is 25.0 Å². The van der Waals surface area contributed by atoms with Crippen molar-refractivity contribution in [1.29, 1.82) is 0 Å². The fourth-order valence-electron chi connectivity index (χ4n) is 2.45. The first-order valence-corrected chi connectivity index (χ1v) is 7.51. The van der Waals surface area contributed by atoms with Crippen LogP contribution in [-0.4, -0.2) is 37.0 Å². The highest BCUT2D eigenvalue weighted by atomic mass is 79.9. The Balaban J connectivity index is 2.00. The number of likely N-dealkylation sites (tertiary alicyclic amines) is 1. The molecule has 2 rings (SSSR count). The van der Waals surface area contributed by atoms with Gasteiger partial charge in [0.25, 0.3) is 5.91 Å². The summed E-state index contributed by atoms with van der Waals surface area (Å²) in [5.41, 5.74) is 5.85. The number of hydrogen-bond donors (Lipinski definition) is 2. The molecule has 1 saturated heterocycles. The molecule has 0 saturated carbocycles. The predicted molar refractivity (Wildman–Crippen MR) is 81.1 cm³/mol. The van der Waals surface area contributed by atoms with Crippen molar-refractivity contribution in [2.45, 2.75) is 25.3 Å². The smallest absolute Gasteiger partial charge is 0.252 e. The lowest BCUT2D eigenvalue weighted by atomic mass is 10.0. The van der Waals surface area contributed by atoms with Gasteiger partial charge in [0.1, 0.15) is 5.82 Å². The average molecular weight is 344 g/mol. The molecule has 0 spiro atoms. The van der Waals surface area contributed by atoms with Gasteiger partial charge in [0.15, 0.2) is 0 Å². The van der Waals surface area contributed by atoms with Crippen LogP contribution in [0.3, 0.4) is 0 Å². The fraction of sp³-hybridized carbons (Fsp3) is 0.500. The van der Waals surface area contributed by atoms with Crippen LogP contribution >= 0.6 is 15.9 Å². The maximum absolute atomic E-state index is 13.3. The molecular formula is C14H19BrFN3O. The Morgan fingerprint density at radius 2 is 2.30 bits per heavy atom. The lowest BCUT2D eigenvalue weighted by Gasteiger charge is -2.32. The number of anilines is 1. The molecule has 1 atom stereocenters. The number of carbonyl (C=O) groups excluding carboxylic acids is 1. The number of hydrogen-bond acceptors (Lipinski definition) is 3. The van der Waals surface area contributed by atoms with Crippen molar-refractivity contribution in [1.82, 2.24) is 10.2 Å². The molecule has 3 N–H and O–H groups in total. The van der Waals surface area contributed by atoms with Gasteiger partial charge in [0.2, 0.25) is 0 Å². The van der Waals surface area contributed by atoms with Gasteiger partial charge in [-0.2, -0.15) is 0 Å². The molecule has 0 radical (unpaired) electrons. The molecule has 4 nitrogen and oxygen atoms in total. The minimum atomic E-state index is -0.527. The number of halogens is 2. The summed E-state index contributed by atoms with van der Waals surface area (Å²) >= 11 is 3.19. The number of benzene rings is 1. The molecule has 20 heavy (non-hydrogen) atoms. The average Bonchev–Trinajstić information content (AvgIpc) is 2.41. The normalized spacial score (nSPS) is 19.9. The summed E-state index contributed by atoms with van der Waals surface area (Å²) in [7, 11) is 2.07. The summed E-state index contributed by atoms with van der Waals surface area (Å²) in [5.74, 6) is -0.761. The van der Waals surface area contributed by atoms with Crippen LogP contribution < -0.4 is 11.1 Å². The highest BCUT2D eigenvalue weighted by molar-refractivity contribution is 9.10. The zero-order valence-electron chi connectivity index (χ0n) is 11.5. The van der Waals surface area contributed by atoms with E-state index in [9.17, 15) is 9.18 Å². The van der Waals surface area contributed by atoms with E-state index in [2.05, 4.69) is 33.2 Å². The second kappa shape index (κ2) is 6.54. The van der Waals surface area contributed by atoms with E-state index < -0.39 is 5.82 Å². The summed E-state index contributed by atoms with van der Waals surface area (Å²) in [6.45, 7) is 1.66.